The van der Waals surface area contributed by atoms with Crippen LogP contribution in [0.25, 0.3) is 22.1 Å². The molecule has 0 bridgehead atoms. The Hall–Kier alpha value is -3.11. The smallest absolute Gasteiger partial charge is 0.226 e. The van der Waals surface area contributed by atoms with Crippen molar-refractivity contribution in [2.45, 2.75) is 45.6 Å². The van der Waals surface area contributed by atoms with Crippen LogP contribution in [0.2, 0.25) is 0 Å². The summed E-state index contributed by atoms with van der Waals surface area (Å²) in [5.74, 6) is 2.06. The number of amides is 1. The Bertz CT molecular complexity index is 1220. The molecule has 0 saturated carbocycles. The first kappa shape index (κ1) is 23.1. The highest BCUT2D eigenvalue weighted by molar-refractivity contribution is 7.71. The molecule has 4 aromatic rings. The molecule has 0 radical (unpaired) electrons. The lowest BCUT2D eigenvalue weighted by molar-refractivity contribution is -0.121. The number of aromatic amines is 1. The maximum absolute atomic E-state index is 12.3. The lowest BCUT2D eigenvalue weighted by Crippen LogP contribution is -2.25. The van der Waals surface area contributed by atoms with Crippen LogP contribution in [0.5, 0.6) is 0 Å². The van der Waals surface area contributed by atoms with Gasteiger partial charge in [-0.1, -0.05) is 47.5 Å². The fourth-order valence-electron chi connectivity index (χ4n) is 3.42. The topological polar surface area (TPSA) is 102 Å². The molecule has 1 aromatic carbocycles. The van der Waals surface area contributed by atoms with Gasteiger partial charge in [0.25, 0.3) is 0 Å². The van der Waals surface area contributed by atoms with E-state index in [1.807, 2.05) is 53.3 Å². The van der Waals surface area contributed by atoms with Crippen molar-refractivity contribution in [3.63, 3.8) is 0 Å². The molecule has 1 amide bonds. The number of aryl methyl sites for hydroxylation is 2. The number of H-pyrrole nitrogens is 1. The molecular formula is C23H26N6O2S2. The number of rotatable bonds is 11. The van der Waals surface area contributed by atoms with E-state index < -0.39 is 0 Å². The first-order valence-electron chi connectivity index (χ1n) is 11.0. The van der Waals surface area contributed by atoms with Gasteiger partial charge in [-0.15, -0.1) is 11.3 Å². The Morgan fingerprint density at radius 3 is 2.85 bits per heavy atom. The van der Waals surface area contributed by atoms with Crippen molar-refractivity contribution in [1.29, 1.82) is 0 Å². The number of aromatic nitrogens is 5. The van der Waals surface area contributed by atoms with Gasteiger partial charge in [0.05, 0.1) is 4.88 Å². The van der Waals surface area contributed by atoms with E-state index in [0.29, 0.717) is 36.0 Å². The molecule has 0 aliphatic rings. The average Bonchev–Trinajstić information content (AvgIpc) is 3.57. The van der Waals surface area contributed by atoms with Gasteiger partial charge in [0.2, 0.25) is 17.6 Å². The van der Waals surface area contributed by atoms with Crippen LogP contribution in [0.15, 0.2) is 46.3 Å². The van der Waals surface area contributed by atoms with Gasteiger partial charge in [-0.25, -0.2) is 0 Å². The second kappa shape index (κ2) is 11.2. The van der Waals surface area contributed by atoms with Crippen LogP contribution < -0.4 is 5.32 Å². The van der Waals surface area contributed by atoms with Gasteiger partial charge in [0.15, 0.2) is 10.6 Å². The summed E-state index contributed by atoms with van der Waals surface area (Å²) in [6.45, 7) is 3.16. The van der Waals surface area contributed by atoms with Crippen molar-refractivity contribution in [2.24, 2.45) is 0 Å². The van der Waals surface area contributed by atoms with Crippen LogP contribution in [-0.4, -0.2) is 37.4 Å². The van der Waals surface area contributed by atoms with Crippen LogP contribution >= 0.6 is 23.6 Å². The lowest BCUT2D eigenvalue weighted by atomic mass is 10.1. The van der Waals surface area contributed by atoms with Crippen molar-refractivity contribution in [2.75, 3.05) is 6.54 Å². The van der Waals surface area contributed by atoms with Crippen LogP contribution in [0, 0.1) is 11.7 Å². The van der Waals surface area contributed by atoms with Gasteiger partial charge in [-0.3, -0.25) is 14.5 Å². The summed E-state index contributed by atoms with van der Waals surface area (Å²) in [7, 11) is 0. The van der Waals surface area contributed by atoms with E-state index in [9.17, 15) is 4.79 Å². The Balaban J connectivity index is 1.15. The molecule has 0 unspecified atom stereocenters. The summed E-state index contributed by atoms with van der Waals surface area (Å²) in [6.07, 6.45) is 3.90. The molecule has 0 fully saturated rings. The van der Waals surface area contributed by atoms with Gasteiger partial charge in [0.1, 0.15) is 0 Å². The predicted molar refractivity (Wildman–Crippen MR) is 130 cm³/mol. The Kier molecular flexibility index (Phi) is 7.79. The molecule has 10 heteroatoms. The number of unbranched alkanes of at least 4 members (excludes halogenated alkanes) is 2. The molecule has 2 N–H and O–H groups in total. The second-order valence-corrected chi connectivity index (χ2v) is 9.10. The minimum Gasteiger partial charge on any atom is -0.356 e. The second-order valence-electron chi connectivity index (χ2n) is 7.77. The maximum atomic E-state index is 12.3. The fraction of sp³-hybridized carbons (Fsp3) is 0.348. The SMILES string of the molecule is Cc1ccc(-c2n[nH]c(=S)n2CCC(=O)NCCCCCc2nc(-c3cccs3)no2)cc1. The van der Waals surface area contributed by atoms with E-state index in [1.165, 1.54) is 5.56 Å². The highest BCUT2D eigenvalue weighted by atomic mass is 32.1. The zero-order chi connectivity index (χ0) is 23.0. The lowest BCUT2D eigenvalue weighted by Gasteiger charge is -2.08. The Morgan fingerprint density at radius 2 is 2.06 bits per heavy atom. The summed E-state index contributed by atoms with van der Waals surface area (Å²) in [5.41, 5.74) is 2.15. The molecule has 0 aliphatic carbocycles. The van der Waals surface area contributed by atoms with Crippen molar-refractivity contribution in [3.05, 3.63) is 58.0 Å². The molecule has 0 saturated heterocycles. The van der Waals surface area contributed by atoms with Crippen LogP contribution in [0.4, 0.5) is 0 Å². The van der Waals surface area contributed by atoms with Crippen molar-refractivity contribution in [3.8, 4) is 22.1 Å². The van der Waals surface area contributed by atoms with E-state index in [4.69, 9.17) is 16.7 Å². The monoisotopic (exact) mass is 482 g/mol. The fourth-order valence-corrected chi connectivity index (χ4v) is 4.29. The molecule has 0 spiro atoms. The van der Waals surface area contributed by atoms with Gasteiger partial charge in [-0.2, -0.15) is 10.1 Å². The van der Waals surface area contributed by atoms with Crippen molar-refractivity contribution < 1.29 is 9.32 Å². The molecule has 3 heterocycles. The zero-order valence-corrected chi connectivity index (χ0v) is 20.0. The molecule has 3 aromatic heterocycles. The number of carbonyl (C=O) groups is 1. The number of hydrogen-bond acceptors (Lipinski definition) is 7. The minimum atomic E-state index is 0.00504. The van der Waals surface area contributed by atoms with Gasteiger partial charge in [-0.05, 0) is 43.4 Å². The third-order valence-corrected chi connectivity index (χ3v) is 6.41. The van der Waals surface area contributed by atoms with Crippen molar-refractivity contribution in [1.82, 2.24) is 30.2 Å². The largest absolute Gasteiger partial charge is 0.356 e. The number of nitrogens with zero attached hydrogens (tertiary/aromatic N) is 4. The first-order valence-corrected chi connectivity index (χ1v) is 12.2. The third kappa shape index (κ3) is 6.23. The summed E-state index contributed by atoms with van der Waals surface area (Å²) in [6, 6.07) is 12.0. The van der Waals surface area contributed by atoms with E-state index in [0.717, 1.165) is 41.9 Å². The number of hydrogen-bond donors (Lipinski definition) is 2. The normalized spacial score (nSPS) is 11.1. The predicted octanol–water partition coefficient (Wildman–Crippen LogP) is 4.95. The van der Waals surface area contributed by atoms with Crippen LogP contribution in [-0.2, 0) is 17.8 Å². The van der Waals surface area contributed by atoms with Gasteiger partial charge < -0.3 is 9.84 Å². The van der Waals surface area contributed by atoms with Crippen LogP contribution in [0.1, 0.15) is 37.1 Å². The summed E-state index contributed by atoms with van der Waals surface area (Å²) < 4.78 is 7.70. The quantitative estimate of drug-likeness (QED) is 0.232. The highest BCUT2D eigenvalue weighted by Crippen LogP contribution is 2.22. The molecule has 0 atom stereocenters. The molecule has 4 rings (SSSR count). The van der Waals surface area contributed by atoms with Gasteiger partial charge in [0, 0.05) is 31.5 Å². The standard InChI is InChI=1S/C23H26N6O2S2/c1-16-8-10-17(11-9-16)22-26-27-23(32)29(22)14-12-19(30)24-13-4-2-3-7-20-25-21(28-31-20)18-6-5-15-33-18/h5-6,8-11,15H,2-4,7,12-14H2,1H3,(H,24,30)(H,27,32). The zero-order valence-electron chi connectivity index (χ0n) is 18.4. The number of thiophene rings is 1. The van der Waals surface area contributed by atoms with E-state index in [1.54, 1.807) is 11.3 Å². The summed E-state index contributed by atoms with van der Waals surface area (Å²) in [5, 5.41) is 16.2. The average molecular weight is 483 g/mol. The molecule has 172 valence electrons. The summed E-state index contributed by atoms with van der Waals surface area (Å²) in [4.78, 5) is 17.7. The minimum absolute atomic E-state index is 0.00504. The molecular weight excluding hydrogens is 456 g/mol. The number of benzene rings is 1. The Morgan fingerprint density at radius 1 is 1.21 bits per heavy atom. The summed E-state index contributed by atoms with van der Waals surface area (Å²) >= 11 is 6.94. The molecule has 8 nitrogen and oxygen atoms in total. The van der Waals surface area contributed by atoms with E-state index in [2.05, 4.69) is 25.7 Å². The van der Waals surface area contributed by atoms with E-state index in [-0.39, 0.29) is 5.91 Å². The number of nitrogens with one attached hydrogen (secondary N) is 2. The maximum Gasteiger partial charge on any atom is 0.226 e. The van der Waals surface area contributed by atoms with Crippen molar-refractivity contribution >= 4 is 29.5 Å². The van der Waals surface area contributed by atoms with E-state index >= 15 is 0 Å². The number of carbonyl (C=O) groups excluding carboxylic acids is 1. The van der Waals surface area contributed by atoms with Gasteiger partial charge >= 0.3 is 0 Å². The molecule has 0 aliphatic heterocycles. The van der Waals surface area contributed by atoms with Crippen LogP contribution in [0.3, 0.4) is 0 Å². The Labute approximate surface area is 201 Å². The molecule has 33 heavy (non-hydrogen) atoms. The third-order valence-electron chi connectivity index (χ3n) is 5.23. The highest BCUT2D eigenvalue weighted by Gasteiger charge is 2.11. The first-order chi connectivity index (χ1) is 16.1.